The Morgan fingerprint density at radius 3 is 2.35 bits per heavy atom. The van der Waals surface area contributed by atoms with Gasteiger partial charge in [-0.3, -0.25) is 0 Å². The first kappa shape index (κ1) is 13.9. The highest BCUT2D eigenvalue weighted by Crippen LogP contribution is 2.30. The number of carbonyl (C=O) groups is 1. The van der Waals surface area contributed by atoms with Crippen LogP contribution in [0.15, 0.2) is 54.6 Å². The molecule has 0 bridgehead atoms. The van der Waals surface area contributed by atoms with Gasteiger partial charge in [0.25, 0.3) is 0 Å². The average molecular weight is 268 g/mol. The molecule has 3 heteroatoms. The molecule has 0 saturated heterocycles. The van der Waals surface area contributed by atoms with E-state index in [0.717, 1.165) is 16.7 Å². The maximum absolute atomic E-state index is 11.1. The van der Waals surface area contributed by atoms with Gasteiger partial charge < -0.3 is 9.84 Å². The number of carboxylic acid groups (broad SMARTS) is 1. The third-order valence-electron chi connectivity index (χ3n) is 3.03. The smallest absolute Gasteiger partial charge is 0.328 e. The van der Waals surface area contributed by atoms with Gasteiger partial charge in [0.1, 0.15) is 5.75 Å². The predicted octanol–water partition coefficient (Wildman–Crippen LogP) is 3.52. The molecule has 0 saturated carbocycles. The number of carboxylic acids is 1. The fourth-order valence-electron chi connectivity index (χ4n) is 2.04. The van der Waals surface area contributed by atoms with Crippen molar-refractivity contribution in [2.75, 3.05) is 7.11 Å². The molecule has 0 aliphatic carbocycles. The zero-order valence-corrected chi connectivity index (χ0v) is 11.5. The molecule has 2 aromatic rings. The Bertz CT molecular complexity index is 640. The van der Waals surface area contributed by atoms with Crippen molar-refractivity contribution < 1.29 is 14.6 Å². The SMILES string of the molecule is COc1ccccc1C(=CC(=O)O)c1ccc(C)cc1. The van der Waals surface area contributed by atoms with E-state index in [4.69, 9.17) is 9.84 Å². The number of hydrogen-bond acceptors (Lipinski definition) is 2. The standard InChI is InChI=1S/C17H16O3/c1-12-7-9-13(10-8-12)15(11-17(18)19)14-5-3-4-6-16(14)20-2/h3-11H,1-2H3,(H,18,19). The Balaban J connectivity index is 2.59. The molecule has 1 N–H and O–H groups in total. The molecule has 0 fully saturated rings. The van der Waals surface area contributed by atoms with E-state index in [1.165, 1.54) is 6.08 Å². The average Bonchev–Trinajstić information content (AvgIpc) is 2.45. The van der Waals surface area contributed by atoms with Crippen LogP contribution in [0.5, 0.6) is 5.75 Å². The van der Waals surface area contributed by atoms with Crippen LogP contribution in [0.3, 0.4) is 0 Å². The van der Waals surface area contributed by atoms with Gasteiger partial charge in [-0.1, -0.05) is 48.0 Å². The molecule has 0 unspecified atom stereocenters. The molecular formula is C17H16O3. The van der Waals surface area contributed by atoms with Crippen molar-refractivity contribution in [2.45, 2.75) is 6.92 Å². The lowest BCUT2D eigenvalue weighted by atomic mass is 9.96. The van der Waals surface area contributed by atoms with Gasteiger partial charge in [0.15, 0.2) is 0 Å². The summed E-state index contributed by atoms with van der Waals surface area (Å²) in [6.07, 6.45) is 1.21. The second kappa shape index (κ2) is 6.06. The molecule has 0 aromatic heterocycles. The summed E-state index contributed by atoms with van der Waals surface area (Å²) in [7, 11) is 1.58. The molecule has 0 aliphatic heterocycles. The van der Waals surface area contributed by atoms with Gasteiger partial charge in [0, 0.05) is 11.6 Å². The van der Waals surface area contributed by atoms with Crippen LogP contribution in [0.1, 0.15) is 16.7 Å². The Kier molecular flexibility index (Phi) is 4.20. The second-order valence-electron chi connectivity index (χ2n) is 4.46. The third kappa shape index (κ3) is 3.06. The minimum absolute atomic E-state index is 0.634. The van der Waals surface area contributed by atoms with Crippen molar-refractivity contribution in [2.24, 2.45) is 0 Å². The molecule has 0 radical (unpaired) electrons. The van der Waals surface area contributed by atoms with E-state index in [2.05, 4.69) is 0 Å². The summed E-state index contributed by atoms with van der Waals surface area (Å²) in [4.78, 5) is 11.1. The lowest BCUT2D eigenvalue weighted by molar-refractivity contribution is -0.131. The monoisotopic (exact) mass is 268 g/mol. The van der Waals surface area contributed by atoms with Crippen molar-refractivity contribution in [1.29, 1.82) is 0 Å². The summed E-state index contributed by atoms with van der Waals surface area (Å²) in [6.45, 7) is 1.99. The number of aryl methyl sites for hydroxylation is 1. The topological polar surface area (TPSA) is 46.5 Å². The number of hydrogen-bond donors (Lipinski definition) is 1. The van der Waals surface area contributed by atoms with Crippen molar-refractivity contribution in [3.8, 4) is 5.75 Å². The molecule has 3 nitrogen and oxygen atoms in total. The van der Waals surface area contributed by atoms with Crippen molar-refractivity contribution >= 4 is 11.5 Å². The highest BCUT2D eigenvalue weighted by atomic mass is 16.5. The maximum atomic E-state index is 11.1. The number of methoxy groups -OCH3 is 1. The number of ether oxygens (including phenoxy) is 1. The Hall–Kier alpha value is -2.55. The van der Waals surface area contributed by atoms with Crippen LogP contribution in [0.2, 0.25) is 0 Å². The molecule has 0 aliphatic rings. The van der Waals surface area contributed by atoms with Crippen LogP contribution in [-0.2, 0) is 4.79 Å². The highest BCUT2D eigenvalue weighted by molar-refractivity contribution is 5.96. The zero-order chi connectivity index (χ0) is 14.5. The van der Waals surface area contributed by atoms with E-state index in [1.54, 1.807) is 7.11 Å². The van der Waals surface area contributed by atoms with Gasteiger partial charge in [0.2, 0.25) is 0 Å². The Labute approximate surface area is 118 Å². The van der Waals surface area contributed by atoms with Crippen molar-refractivity contribution in [3.05, 3.63) is 71.3 Å². The van der Waals surface area contributed by atoms with Gasteiger partial charge in [-0.2, -0.15) is 0 Å². The molecule has 0 atom stereocenters. The molecule has 2 aromatic carbocycles. The Morgan fingerprint density at radius 2 is 1.75 bits per heavy atom. The molecule has 2 rings (SSSR count). The number of para-hydroxylation sites is 1. The zero-order valence-electron chi connectivity index (χ0n) is 11.5. The largest absolute Gasteiger partial charge is 0.496 e. The summed E-state index contributed by atoms with van der Waals surface area (Å²) in [5.41, 5.74) is 3.38. The van der Waals surface area contributed by atoms with Crippen molar-refractivity contribution in [1.82, 2.24) is 0 Å². The van der Waals surface area contributed by atoms with Gasteiger partial charge in [-0.05, 0) is 24.1 Å². The van der Waals surface area contributed by atoms with E-state index in [-0.39, 0.29) is 0 Å². The van der Waals surface area contributed by atoms with Crippen LogP contribution in [0, 0.1) is 6.92 Å². The number of aliphatic carboxylic acids is 1. The first-order valence-corrected chi connectivity index (χ1v) is 6.27. The third-order valence-corrected chi connectivity index (χ3v) is 3.03. The summed E-state index contributed by atoms with van der Waals surface area (Å²) >= 11 is 0. The van der Waals surface area contributed by atoms with Gasteiger partial charge in [-0.25, -0.2) is 4.79 Å². The first-order valence-electron chi connectivity index (χ1n) is 6.27. The van der Waals surface area contributed by atoms with E-state index in [9.17, 15) is 4.79 Å². The van der Waals surface area contributed by atoms with Gasteiger partial charge in [-0.15, -0.1) is 0 Å². The van der Waals surface area contributed by atoms with Crippen molar-refractivity contribution in [3.63, 3.8) is 0 Å². The predicted molar refractivity (Wildman–Crippen MR) is 78.9 cm³/mol. The maximum Gasteiger partial charge on any atom is 0.328 e. The van der Waals surface area contributed by atoms with Crippen LogP contribution >= 0.6 is 0 Å². The fraction of sp³-hybridized carbons (Fsp3) is 0.118. The lowest BCUT2D eigenvalue weighted by Crippen LogP contribution is -1.97. The summed E-state index contributed by atoms with van der Waals surface area (Å²) < 4.78 is 5.32. The Morgan fingerprint density at radius 1 is 1.10 bits per heavy atom. The van der Waals surface area contributed by atoms with E-state index >= 15 is 0 Å². The minimum atomic E-state index is -0.980. The number of rotatable bonds is 4. The molecular weight excluding hydrogens is 252 g/mol. The molecule has 102 valence electrons. The lowest BCUT2D eigenvalue weighted by Gasteiger charge is -2.12. The quantitative estimate of drug-likeness (QED) is 0.863. The highest BCUT2D eigenvalue weighted by Gasteiger charge is 2.11. The minimum Gasteiger partial charge on any atom is -0.496 e. The summed E-state index contributed by atoms with van der Waals surface area (Å²) in [5, 5.41) is 9.11. The van der Waals surface area contributed by atoms with E-state index in [1.807, 2.05) is 55.5 Å². The van der Waals surface area contributed by atoms with Crippen LogP contribution in [0.4, 0.5) is 0 Å². The van der Waals surface area contributed by atoms with Crippen LogP contribution < -0.4 is 4.74 Å². The molecule has 0 heterocycles. The summed E-state index contributed by atoms with van der Waals surface area (Å²) in [5.74, 6) is -0.327. The van der Waals surface area contributed by atoms with Gasteiger partial charge >= 0.3 is 5.97 Å². The number of benzene rings is 2. The van der Waals surface area contributed by atoms with Crippen LogP contribution in [-0.4, -0.2) is 18.2 Å². The second-order valence-corrected chi connectivity index (χ2v) is 4.46. The molecule has 0 amide bonds. The van der Waals surface area contributed by atoms with Crippen LogP contribution in [0.25, 0.3) is 5.57 Å². The first-order chi connectivity index (χ1) is 9.61. The molecule has 20 heavy (non-hydrogen) atoms. The molecule has 0 spiro atoms. The van der Waals surface area contributed by atoms with E-state index < -0.39 is 5.97 Å². The summed E-state index contributed by atoms with van der Waals surface area (Å²) in [6, 6.07) is 15.1. The fourth-order valence-corrected chi connectivity index (χ4v) is 2.04. The van der Waals surface area contributed by atoms with Gasteiger partial charge in [0.05, 0.1) is 7.11 Å². The van der Waals surface area contributed by atoms with E-state index in [0.29, 0.717) is 11.3 Å². The normalized spacial score (nSPS) is 11.2.